The van der Waals surface area contributed by atoms with Gasteiger partial charge in [-0.15, -0.1) is 0 Å². The van der Waals surface area contributed by atoms with Crippen LogP contribution in [0.15, 0.2) is 42.5 Å². The van der Waals surface area contributed by atoms with Crippen LogP contribution in [-0.2, 0) is 11.3 Å². The first-order valence-electron chi connectivity index (χ1n) is 5.73. The standard InChI is InChI=1S/C15H13FO3/c1-19-9-13-7-6-12(8-14(13)16)10-2-4-11(5-3-10)15(17)18/h2-8H,9H2,1H3,(H,17,18). The van der Waals surface area contributed by atoms with E-state index < -0.39 is 5.97 Å². The second-order valence-corrected chi connectivity index (χ2v) is 4.12. The fourth-order valence-corrected chi connectivity index (χ4v) is 1.80. The van der Waals surface area contributed by atoms with Gasteiger partial charge in [-0.3, -0.25) is 0 Å². The molecule has 4 heteroatoms. The Morgan fingerprint density at radius 1 is 1.16 bits per heavy atom. The molecule has 0 heterocycles. The maximum Gasteiger partial charge on any atom is 0.335 e. The summed E-state index contributed by atoms with van der Waals surface area (Å²) < 4.78 is 18.6. The molecule has 0 saturated heterocycles. The molecule has 0 spiro atoms. The highest BCUT2D eigenvalue weighted by atomic mass is 19.1. The minimum Gasteiger partial charge on any atom is -0.478 e. The van der Waals surface area contributed by atoms with Crippen LogP contribution in [0.4, 0.5) is 4.39 Å². The van der Waals surface area contributed by atoms with Crippen LogP contribution in [0.5, 0.6) is 0 Å². The lowest BCUT2D eigenvalue weighted by Gasteiger charge is -2.06. The summed E-state index contributed by atoms with van der Waals surface area (Å²) in [4.78, 5) is 10.7. The van der Waals surface area contributed by atoms with Crippen LogP contribution < -0.4 is 0 Å². The number of carboxylic acid groups (broad SMARTS) is 1. The Hall–Kier alpha value is -2.20. The van der Waals surface area contributed by atoms with Gasteiger partial charge in [0.2, 0.25) is 0 Å². The zero-order valence-corrected chi connectivity index (χ0v) is 10.4. The quantitative estimate of drug-likeness (QED) is 0.917. The summed E-state index contributed by atoms with van der Waals surface area (Å²) in [5, 5.41) is 8.81. The first-order valence-corrected chi connectivity index (χ1v) is 5.73. The molecule has 3 nitrogen and oxygen atoms in total. The molecule has 0 unspecified atom stereocenters. The van der Waals surface area contributed by atoms with Crippen molar-refractivity contribution in [2.75, 3.05) is 7.11 Å². The van der Waals surface area contributed by atoms with E-state index in [1.165, 1.54) is 25.3 Å². The van der Waals surface area contributed by atoms with Gasteiger partial charge in [-0.05, 0) is 29.3 Å². The van der Waals surface area contributed by atoms with Crippen molar-refractivity contribution in [3.8, 4) is 11.1 Å². The number of carbonyl (C=O) groups is 1. The van der Waals surface area contributed by atoms with Gasteiger partial charge in [0, 0.05) is 12.7 Å². The number of rotatable bonds is 4. The van der Waals surface area contributed by atoms with E-state index in [1.807, 2.05) is 0 Å². The summed E-state index contributed by atoms with van der Waals surface area (Å²) in [6, 6.07) is 11.2. The van der Waals surface area contributed by atoms with Crippen molar-refractivity contribution < 1.29 is 19.0 Å². The number of methoxy groups -OCH3 is 1. The summed E-state index contributed by atoms with van der Waals surface area (Å²) in [6.45, 7) is 0.226. The molecule has 0 amide bonds. The van der Waals surface area contributed by atoms with E-state index >= 15 is 0 Å². The smallest absolute Gasteiger partial charge is 0.335 e. The Kier molecular flexibility index (Phi) is 3.92. The van der Waals surface area contributed by atoms with Gasteiger partial charge >= 0.3 is 5.97 Å². The van der Waals surface area contributed by atoms with Crippen molar-refractivity contribution in [2.24, 2.45) is 0 Å². The van der Waals surface area contributed by atoms with Crippen LogP contribution in [0.25, 0.3) is 11.1 Å². The number of carboxylic acids is 1. The molecule has 98 valence electrons. The molecule has 2 rings (SSSR count). The number of aromatic carboxylic acids is 1. The highest BCUT2D eigenvalue weighted by Crippen LogP contribution is 2.22. The van der Waals surface area contributed by atoms with E-state index in [0.29, 0.717) is 11.1 Å². The summed E-state index contributed by atoms with van der Waals surface area (Å²) in [5.41, 5.74) is 2.18. The van der Waals surface area contributed by atoms with E-state index in [-0.39, 0.29) is 18.0 Å². The Balaban J connectivity index is 2.31. The lowest BCUT2D eigenvalue weighted by atomic mass is 10.0. The van der Waals surface area contributed by atoms with Crippen LogP contribution in [-0.4, -0.2) is 18.2 Å². The fourth-order valence-electron chi connectivity index (χ4n) is 1.80. The summed E-state index contributed by atoms with van der Waals surface area (Å²) in [6.07, 6.45) is 0. The molecule has 0 saturated carbocycles. The third-order valence-corrected chi connectivity index (χ3v) is 2.82. The molecule has 0 bridgehead atoms. The molecule has 19 heavy (non-hydrogen) atoms. The van der Waals surface area contributed by atoms with Gasteiger partial charge in [-0.25, -0.2) is 9.18 Å². The van der Waals surface area contributed by atoms with Crippen molar-refractivity contribution in [2.45, 2.75) is 6.61 Å². The number of hydrogen-bond acceptors (Lipinski definition) is 2. The molecule has 0 radical (unpaired) electrons. The topological polar surface area (TPSA) is 46.5 Å². The SMILES string of the molecule is COCc1ccc(-c2ccc(C(=O)O)cc2)cc1F. The average molecular weight is 260 g/mol. The van der Waals surface area contributed by atoms with Gasteiger partial charge in [0.05, 0.1) is 12.2 Å². The first kappa shape index (κ1) is 13.2. The van der Waals surface area contributed by atoms with Crippen molar-refractivity contribution in [3.05, 3.63) is 59.4 Å². The molecule has 0 aliphatic heterocycles. The van der Waals surface area contributed by atoms with Gasteiger partial charge in [0.25, 0.3) is 0 Å². The van der Waals surface area contributed by atoms with E-state index in [1.54, 1.807) is 24.3 Å². The third-order valence-electron chi connectivity index (χ3n) is 2.82. The summed E-state index contributed by atoms with van der Waals surface area (Å²) in [5.74, 6) is -1.31. The number of benzene rings is 2. The van der Waals surface area contributed by atoms with E-state index in [0.717, 1.165) is 5.56 Å². The lowest BCUT2D eigenvalue weighted by molar-refractivity contribution is 0.0697. The minimum atomic E-state index is -0.979. The normalized spacial score (nSPS) is 10.4. The lowest BCUT2D eigenvalue weighted by Crippen LogP contribution is -1.95. The minimum absolute atomic E-state index is 0.209. The summed E-state index contributed by atoms with van der Waals surface area (Å²) >= 11 is 0. The Morgan fingerprint density at radius 3 is 2.32 bits per heavy atom. The van der Waals surface area contributed by atoms with Gasteiger partial charge in [0.15, 0.2) is 0 Å². The summed E-state index contributed by atoms with van der Waals surface area (Å²) in [7, 11) is 1.51. The molecule has 2 aromatic rings. The third kappa shape index (κ3) is 2.98. The molecular formula is C15H13FO3. The fraction of sp³-hybridized carbons (Fsp3) is 0.133. The van der Waals surface area contributed by atoms with E-state index in [9.17, 15) is 9.18 Å². The Labute approximate surface area is 110 Å². The van der Waals surface area contributed by atoms with Gasteiger partial charge in [-0.2, -0.15) is 0 Å². The van der Waals surface area contributed by atoms with Crippen molar-refractivity contribution in [3.63, 3.8) is 0 Å². The first-order chi connectivity index (χ1) is 9.11. The molecule has 1 N–H and O–H groups in total. The predicted molar refractivity (Wildman–Crippen MR) is 69.5 cm³/mol. The van der Waals surface area contributed by atoms with Crippen LogP contribution >= 0.6 is 0 Å². The van der Waals surface area contributed by atoms with Crippen molar-refractivity contribution >= 4 is 5.97 Å². The Morgan fingerprint density at radius 2 is 1.79 bits per heavy atom. The molecule has 2 aromatic carbocycles. The van der Waals surface area contributed by atoms with Crippen molar-refractivity contribution in [1.82, 2.24) is 0 Å². The number of halogens is 1. The maximum absolute atomic E-state index is 13.8. The molecular weight excluding hydrogens is 247 g/mol. The molecule has 0 aliphatic carbocycles. The van der Waals surface area contributed by atoms with Crippen molar-refractivity contribution in [1.29, 1.82) is 0 Å². The maximum atomic E-state index is 13.8. The number of hydrogen-bond donors (Lipinski definition) is 1. The second-order valence-electron chi connectivity index (χ2n) is 4.12. The van der Waals surface area contributed by atoms with Gasteiger partial charge in [0.1, 0.15) is 5.82 Å². The van der Waals surface area contributed by atoms with Crippen LogP contribution in [0.2, 0.25) is 0 Å². The van der Waals surface area contributed by atoms with Gasteiger partial charge in [-0.1, -0.05) is 24.3 Å². The highest BCUT2D eigenvalue weighted by Gasteiger charge is 2.06. The zero-order valence-electron chi connectivity index (χ0n) is 10.4. The van der Waals surface area contributed by atoms with E-state index in [4.69, 9.17) is 9.84 Å². The zero-order chi connectivity index (χ0) is 13.8. The Bertz CT molecular complexity index is 591. The van der Waals surface area contributed by atoms with Crippen LogP contribution in [0.1, 0.15) is 15.9 Å². The van der Waals surface area contributed by atoms with Crippen LogP contribution in [0, 0.1) is 5.82 Å². The van der Waals surface area contributed by atoms with Crippen LogP contribution in [0.3, 0.4) is 0 Å². The monoisotopic (exact) mass is 260 g/mol. The number of ether oxygens (including phenoxy) is 1. The molecule has 0 aromatic heterocycles. The predicted octanol–water partition coefficient (Wildman–Crippen LogP) is 3.34. The second kappa shape index (κ2) is 5.63. The largest absolute Gasteiger partial charge is 0.478 e. The molecule has 0 aliphatic rings. The molecule has 0 atom stereocenters. The van der Waals surface area contributed by atoms with E-state index in [2.05, 4.69) is 0 Å². The highest BCUT2D eigenvalue weighted by molar-refractivity contribution is 5.88. The van der Waals surface area contributed by atoms with Gasteiger partial charge < -0.3 is 9.84 Å². The average Bonchev–Trinajstić information content (AvgIpc) is 2.41. The molecule has 0 fully saturated rings.